The quantitative estimate of drug-likeness (QED) is 0.687. The number of nitrogens with zero attached hydrogens (tertiary/aromatic N) is 2. The summed E-state index contributed by atoms with van der Waals surface area (Å²) in [4.78, 5) is 12.2. The molecule has 3 aromatic rings. The third kappa shape index (κ3) is 2.18. The van der Waals surface area contributed by atoms with Crippen LogP contribution in [0.15, 0.2) is 48.8 Å². The average Bonchev–Trinajstić information content (AvgIpc) is 2.87. The highest BCUT2D eigenvalue weighted by atomic mass is 19.2. The van der Waals surface area contributed by atoms with Gasteiger partial charge in [0.1, 0.15) is 0 Å². The van der Waals surface area contributed by atoms with Gasteiger partial charge in [-0.1, -0.05) is 12.1 Å². The van der Waals surface area contributed by atoms with E-state index in [1.165, 1.54) is 12.3 Å². The largest absolute Gasteiger partial charge is 0.294 e. The van der Waals surface area contributed by atoms with Gasteiger partial charge in [0.25, 0.3) is 0 Å². The predicted octanol–water partition coefficient (Wildman–Crippen LogP) is 3.04. The molecule has 0 atom stereocenters. The number of Topliss-reactive ketones (excluding diaryl/α,β-unsaturated/α-hetero) is 1. The maximum Gasteiger partial charge on any atom is 0.171 e. The Bertz CT molecular complexity index is 795. The summed E-state index contributed by atoms with van der Waals surface area (Å²) in [5.74, 6) is -2.05. The Morgan fingerprint density at radius 2 is 2.00 bits per heavy atom. The molecule has 1 aromatic carbocycles. The molecule has 20 heavy (non-hydrogen) atoms. The number of fused-ring (bicyclic) bond motifs is 1. The molecule has 0 N–H and O–H groups in total. The van der Waals surface area contributed by atoms with Gasteiger partial charge in [0.2, 0.25) is 0 Å². The van der Waals surface area contributed by atoms with Crippen molar-refractivity contribution in [1.29, 1.82) is 0 Å². The fourth-order valence-corrected chi connectivity index (χ4v) is 2.08. The van der Waals surface area contributed by atoms with E-state index in [-0.39, 0.29) is 12.2 Å². The number of hydrogen-bond donors (Lipinski definition) is 0. The summed E-state index contributed by atoms with van der Waals surface area (Å²) in [5.41, 5.74) is 1.60. The average molecular weight is 272 g/mol. The summed E-state index contributed by atoms with van der Waals surface area (Å²) in [5, 5.41) is 4.07. The lowest BCUT2D eigenvalue weighted by Gasteiger charge is -2.01. The molecule has 3 nitrogen and oxygen atoms in total. The molecule has 0 aliphatic carbocycles. The van der Waals surface area contributed by atoms with Crippen LogP contribution in [0, 0.1) is 11.6 Å². The number of ketones is 1. The van der Waals surface area contributed by atoms with Crippen molar-refractivity contribution in [2.75, 3.05) is 0 Å². The van der Waals surface area contributed by atoms with Crippen LogP contribution < -0.4 is 0 Å². The molecule has 0 unspecified atom stereocenters. The van der Waals surface area contributed by atoms with Crippen LogP contribution in [0.25, 0.3) is 5.52 Å². The molecule has 0 saturated carbocycles. The van der Waals surface area contributed by atoms with Gasteiger partial charge in [-0.3, -0.25) is 4.79 Å². The SMILES string of the molecule is O=C(Cc1ccc(F)c(F)c1)c1cnn2ccccc12. The molecular weight excluding hydrogens is 262 g/mol. The van der Waals surface area contributed by atoms with Crippen LogP contribution in [-0.4, -0.2) is 15.4 Å². The van der Waals surface area contributed by atoms with Gasteiger partial charge in [0.15, 0.2) is 17.4 Å². The van der Waals surface area contributed by atoms with Crippen molar-refractivity contribution >= 4 is 11.3 Å². The Morgan fingerprint density at radius 3 is 2.80 bits per heavy atom. The van der Waals surface area contributed by atoms with Crippen LogP contribution in [0.3, 0.4) is 0 Å². The van der Waals surface area contributed by atoms with Crippen molar-refractivity contribution < 1.29 is 13.6 Å². The molecule has 100 valence electrons. The number of pyridine rings is 1. The van der Waals surface area contributed by atoms with E-state index in [0.717, 1.165) is 12.1 Å². The summed E-state index contributed by atoms with van der Waals surface area (Å²) in [6.45, 7) is 0. The highest BCUT2D eigenvalue weighted by molar-refractivity contribution is 6.03. The van der Waals surface area contributed by atoms with Crippen LogP contribution in [0.1, 0.15) is 15.9 Å². The predicted molar refractivity (Wildman–Crippen MR) is 69.6 cm³/mol. The molecule has 0 aliphatic heterocycles. The first kappa shape index (κ1) is 12.5. The van der Waals surface area contributed by atoms with E-state index in [9.17, 15) is 13.6 Å². The van der Waals surface area contributed by atoms with Gasteiger partial charge in [-0.2, -0.15) is 5.10 Å². The summed E-state index contributed by atoms with van der Waals surface area (Å²) in [6.07, 6.45) is 3.23. The molecule has 2 aromatic heterocycles. The molecule has 5 heteroatoms. The van der Waals surface area contributed by atoms with Gasteiger partial charge >= 0.3 is 0 Å². The minimum absolute atomic E-state index is 0.00739. The lowest BCUT2D eigenvalue weighted by Crippen LogP contribution is -2.04. The Morgan fingerprint density at radius 1 is 1.15 bits per heavy atom. The fourth-order valence-electron chi connectivity index (χ4n) is 2.08. The standard InChI is InChI=1S/C15H10F2N2O/c16-12-5-4-10(7-13(12)17)8-15(20)11-9-18-19-6-2-1-3-14(11)19/h1-7,9H,8H2. The van der Waals surface area contributed by atoms with Crippen LogP contribution in [0.2, 0.25) is 0 Å². The third-order valence-corrected chi connectivity index (χ3v) is 3.08. The molecule has 0 radical (unpaired) electrons. The van der Waals surface area contributed by atoms with Gasteiger partial charge in [0, 0.05) is 12.6 Å². The second-order valence-corrected chi connectivity index (χ2v) is 4.44. The third-order valence-electron chi connectivity index (χ3n) is 3.08. The molecule has 0 fully saturated rings. The molecule has 2 heterocycles. The molecule has 0 spiro atoms. The molecule has 3 rings (SSSR count). The zero-order valence-corrected chi connectivity index (χ0v) is 10.4. The van der Waals surface area contributed by atoms with Crippen molar-refractivity contribution in [3.05, 3.63) is 71.6 Å². The van der Waals surface area contributed by atoms with Crippen LogP contribution >= 0.6 is 0 Å². The first-order chi connectivity index (χ1) is 9.65. The van der Waals surface area contributed by atoms with Gasteiger partial charge in [-0.05, 0) is 29.8 Å². The number of carbonyl (C=O) groups excluding carboxylic acids is 1. The number of benzene rings is 1. The zero-order chi connectivity index (χ0) is 14.1. The number of halogens is 2. The van der Waals surface area contributed by atoms with E-state index in [2.05, 4.69) is 5.10 Å². The van der Waals surface area contributed by atoms with Gasteiger partial charge < -0.3 is 0 Å². The summed E-state index contributed by atoms with van der Waals surface area (Å²) >= 11 is 0. The lowest BCUT2D eigenvalue weighted by atomic mass is 10.0. The van der Waals surface area contributed by atoms with E-state index >= 15 is 0 Å². The highest BCUT2D eigenvalue weighted by Crippen LogP contribution is 2.15. The molecule has 0 saturated heterocycles. The monoisotopic (exact) mass is 272 g/mol. The fraction of sp³-hybridized carbons (Fsp3) is 0.0667. The van der Waals surface area contributed by atoms with Gasteiger partial charge in [-0.25, -0.2) is 13.3 Å². The van der Waals surface area contributed by atoms with Crippen LogP contribution in [0.5, 0.6) is 0 Å². The Kier molecular flexibility index (Phi) is 3.02. The molecular formula is C15H10F2N2O. The number of rotatable bonds is 3. The number of carbonyl (C=O) groups is 1. The van der Waals surface area contributed by atoms with E-state index in [4.69, 9.17) is 0 Å². The van der Waals surface area contributed by atoms with Gasteiger partial charge in [-0.15, -0.1) is 0 Å². The van der Waals surface area contributed by atoms with E-state index in [1.54, 1.807) is 16.8 Å². The number of hydrogen-bond acceptors (Lipinski definition) is 2. The minimum Gasteiger partial charge on any atom is -0.294 e. The van der Waals surface area contributed by atoms with Crippen molar-refractivity contribution in [2.45, 2.75) is 6.42 Å². The smallest absolute Gasteiger partial charge is 0.171 e. The molecule has 0 aliphatic rings. The van der Waals surface area contributed by atoms with E-state index in [1.807, 2.05) is 12.1 Å². The first-order valence-electron chi connectivity index (χ1n) is 6.04. The lowest BCUT2D eigenvalue weighted by molar-refractivity contribution is 0.0994. The van der Waals surface area contributed by atoms with E-state index in [0.29, 0.717) is 16.6 Å². The second kappa shape index (κ2) is 4.85. The van der Waals surface area contributed by atoms with E-state index < -0.39 is 11.6 Å². The van der Waals surface area contributed by atoms with Crippen molar-refractivity contribution in [3.63, 3.8) is 0 Å². The van der Waals surface area contributed by atoms with Crippen LogP contribution in [0.4, 0.5) is 8.78 Å². The zero-order valence-electron chi connectivity index (χ0n) is 10.4. The van der Waals surface area contributed by atoms with Crippen molar-refractivity contribution in [2.24, 2.45) is 0 Å². The topological polar surface area (TPSA) is 34.4 Å². The van der Waals surface area contributed by atoms with Crippen LogP contribution in [-0.2, 0) is 6.42 Å². The Hall–Kier alpha value is -2.56. The summed E-state index contributed by atoms with van der Waals surface area (Å²) in [7, 11) is 0. The van der Waals surface area contributed by atoms with Crippen molar-refractivity contribution in [1.82, 2.24) is 9.61 Å². The Labute approximate surface area is 113 Å². The summed E-state index contributed by atoms with van der Waals surface area (Å²) < 4.78 is 27.6. The maximum atomic E-state index is 13.1. The summed E-state index contributed by atoms with van der Waals surface area (Å²) in [6, 6.07) is 8.87. The van der Waals surface area contributed by atoms with Crippen molar-refractivity contribution in [3.8, 4) is 0 Å². The maximum absolute atomic E-state index is 13.1. The molecule has 0 bridgehead atoms. The highest BCUT2D eigenvalue weighted by Gasteiger charge is 2.14. The normalized spacial score (nSPS) is 10.9. The minimum atomic E-state index is -0.949. The Balaban J connectivity index is 1.91. The molecule has 0 amide bonds. The number of aromatic nitrogens is 2. The van der Waals surface area contributed by atoms with Gasteiger partial charge in [0.05, 0.1) is 17.3 Å². The first-order valence-corrected chi connectivity index (χ1v) is 6.04. The second-order valence-electron chi connectivity index (χ2n) is 4.44.